The van der Waals surface area contributed by atoms with Gasteiger partial charge in [-0.15, -0.1) is 0 Å². The molecule has 0 radical (unpaired) electrons. The van der Waals surface area contributed by atoms with Gasteiger partial charge >= 0.3 is 0 Å². The average Bonchev–Trinajstić information content (AvgIpc) is 3.34. The minimum Gasteiger partial charge on any atom is -0.481 e. The summed E-state index contributed by atoms with van der Waals surface area (Å²) < 4.78 is 33.2. The topological polar surface area (TPSA) is 84.0 Å². The van der Waals surface area contributed by atoms with Crippen LogP contribution in [0.4, 0.5) is 5.69 Å². The summed E-state index contributed by atoms with van der Waals surface area (Å²) in [5.74, 6) is 0.300. The Balaban J connectivity index is 1.51. The molecule has 0 N–H and O–H groups in total. The molecular formula is C24H28N2O5S. The summed E-state index contributed by atoms with van der Waals surface area (Å²) in [6, 6.07) is 11.8. The number of hydrogen-bond donors (Lipinski definition) is 0. The van der Waals surface area contributed by atoms with E-state index in [0.717, 1.165) is 36.9 Å². The summed E-state index contributed by atoms with van der Waals surface area (Å²) in [6.07, 6.45) is 2.54. The molecule has 2 aromatic carbocycles. The number of amides is 1. The molecule has 32 heavy (non-hydrogen) atoms. The molecule has 1 unspecified atom stereocenters. The number of ether oxygens (including phenoxy) is 1. The van der Waals surface area contributed by atoms with Crippen LogP contribution in [0, 0.1) is 0 Å². The number of sulfonamides is 1. The third-order valence-electron chi connectivity index (χ3n) is 6.06. The van der Waals surface area contributed by atoms with E-state index in [9.17, 15) is 18.0 Å². The molecule has 0 bridgehead atoms. The zero-order chi connectivity index (χ0) is 22.9. The van der Waals surface area contributed by atoms with Gasteiger partial charge in [-0.2, -0.15) is 4.31 Å². The number of nitrogens with zero attached hydrogens (tertiary/aromatic N) is 2. The van der Waals surface area contributed by atoms with E-state index in [-0.39, 0.29) is 11.7 Å². The van der Waals surface area contributed by atoms with E-state index in [0.29, 0.717) is 35.8 Å². The monoisotopic (exact) mass is 456 g/mol. The van der Waals surface area contributed by atoms with Gasteiger partial charge in [0.25, 0.3) is 5.91 Å². The van der Waals surface area contributed by atoms with Crippen LogP contribution >= 0.6 is 0 Å². The summed E-state index contributed by atoms with van der Waals surface area (Å²) in [4.78, 5) is 26.6. The number of anilines is 1. The van der Waals surface area contributed by atoms with Crippen LogP contribution in [0.2, 0.25) is 0 Å². The second kappa shape index (κ2) is 9.03. The summed E-state index contributed by atoms with van der Waals surface area (Å²) >= 11 is 0. The SMILES string of the molecule is CC(=O)c1ccc(OC(C)C(=O)N2CCCc3cc(S(=O)(=O)N4CCCC4)ccc32)cc1. The number of ketones is 1. The lowest BCUT2D eigenvalue weighted by Gasteiger charge is -2.32. The molecule has 170 valence electrons. The van der Waals surface area contributed by atoms with E-state index in [1.165, 1.54) is 11.2 Å². The third kappa shape index (κ3) is 4.42. The second-order valence-electron chi connectivity index (χ2n) is 8.34. The molecule has 0 spiro atoms. The molecule has 0 aromatic heterocycles. The number of carbonyl (C=O) groups excluding carboxylic acids is 2. The molecule has 7 nitrogen and oxygen atoms in total. The Bertz CT molecular complexity index is 1120. The van der Waals surface area contributed by atoms with Crippen molar-refractivity contribution in [1.82, 2.24) is 4.31 Å². The molecule has 2 aliphatic heterocycles. The van der Waals surface area contributed by atoms with Crippen LogP contribution in [0.25, 0.3) is 0 Å². The molecule has 8 heteroatoms. The highest BCUT2D eigenvalue weighted by molar-refractivity contribution is 7.89. The summed E-state index contributed by atoms with van der Waals surface area (Å²) in [6.45, 7) is 4.87. The Morgan fingerprint density at radius 1 is 0.969 bits per heavy atom. The van der Waals surface area contributed by atoms with Crippen LogP contribution in [-0.2, 0) is 21.2 Å². The van der Waals surface area contributed by atoms with E-state index in [1.54, 1.807) is 54.3 Å². The van der Waals surface area contributed by atoms with Crippen molar-refractivity contribution in [2.24, 2.45) is 0 Å². The number of aryl methyl sites for hydroxylation is 1. The Morgan fingerprint density at radius 2 is 1.66 bits per heavy atom. The molecule has 1 atom stereocenters. The molecule has 2 aromatic rings. The van der Waals surface area contributed by atoms with Crippen molar-refractivity contribution >= 4 is 27.4 Å². The molecule has 2 heterocycles. The van der Waals surface area contributed by atoms with E-state index in [2.05, 4.69) is 0 Å². The van der Waals surface area contributed by atoms with Gasteiger partial charge < -0.3 is 9.64 Å². The summed E-state index contributed by atoms with van der Waals surface area (Å²) in [7, 11) is -3.50. The summed E-state index contributed by atoms with van der Waals surface area (Å²) in [5, 5.41) is 0. The van der Waals surface area contributed by atoms with Crippen LogP contribution in [-0.4, -0.2) is 50.2 Å². The van der Waals surface area contributed by atoms with Crippen LogP contribution in [0.5, 0.6) is 5.75 Å². The number of benzene rings is 2. The molecular weight excluding hydrogens is 428 g/mol. The zero-order valence-electron chi connectivity index (χ0n) is 18.4. The minimum atomic E-state index is -3.50. The lowest BCUT2D eigenvalue weighted by molar-refractivity contribution is -0.124. The maximum atomic E-state index is 13.2. The van der Waals surface area contributed by atoms with Gasteiger partial charge in [-0.3, -0.25) is 9.59 Å². The fraction of sp³-hybridized carbons (Fsp3) is 0.417. The van der Waals surface area contributed by atoms with Gasteiger partial charge in [-0.1, -0.05) is 0 Å². The largest absolute Gasteiger partial charge is 0.481 e. The second-order valence-corrected chi connectivity index (χ2v) is 10.3. The maximum Gasteiger partial charge on any atom is 0.267 e. The number of rotatable bonds is 6. The lowest BCUT2D eigenvalue weighted by Crippen LogP contribution is -2.43. The first-order valence-electron chi connectivity index (χ1n) is 11.0. The summed E-state index contributed by atoms with van der Waals surface area (Å²) in [5.41, 5.74) is 2.19. The van der Waals surface area contributed by atoms with Gasteiger partial charge in [0.2, 0.25) is 10.0 Å². The van der Waals surface area contributed by atoms with Crippen molar-refractivity contribution in [2.75, 3.05) is 24.5 Å². The quantitative estimate of drug-likeness (QED) is 0.622. The standard InChI is InChI=1S/C24H28N2O5S/c1-17(27)19-7-9-21(10-8-19)31-18(2)24(28)26-15-5-6-20-16-22(11-12-23(20)26)32(29,30)25-13-3-4-14-25/h7-12,16,18H,3-6,13-15H2,1-2H3. The lowest BCUT2D eigenvalue weighted by atomic mass is 10.0. The molecule has 1 fully saturated rings. The first kappa shape index (κ1) is 22.5. The number of Topliss-reactive ketones (excluding diaryl/α,β-unsaturated/α-hetero) is 1. The molecule has 0 aliphatic carbocycles. The number of carbonyl (C=O) groups is 2. The van der Waals surface area contributed by atoms with Gasteiger partial charge in [-0.05, 0) is 87.6 Å². The van der Waals surface area contributed by atoms with Crippen molar-refractivity contribution in [3.05, 3.63) is 53.6 Å². The first-order chi connectivity index (χ1) is 15.3. The minimum absolute atomic E-state index is 0.0308. The van der Waals surface area contributed by atoms with Crippen molar-refractivity contribution in [3.63, 3.8) is 0 Å². The molecule has 0 saturated carbocycles. The zero-order valence-corrected chi connectivity index (χ0v) is 19.2. The smallest absolute Gasteiger partial charge is 0.267 e. The van der Waals surface area contributed by atoms with Gasteiger partial charge in [0.15, 0.2) is 11.9 Å². The first-order valence-corrected chi connectivity index (χ1v) is 12.4. The van der Waals surface area contributed by atoms with Gasteiger partial charge in [0.1, 0.15) is 5.75 Å². The molecule has 1 saturated heterocycles. The van der Waals surface area contributed by atoms with Crippen molar-refractivity contribution in [2.45, 2.75) is 50.5 Å². The van der Waals surface area contributed by atoms with Crippen LogP contribution in [0.3, 0.4) is 0 Å². The Morgan fingerprint density at radius 3 is 2.31 bits per heavy atom. The maximum absolute atomic E-state index is 13.2. The Kier molecular flexibility index (Phi) is 6.35. The van der Waals surface area contributed by atoms with Crippen molar-refractivity contribution < 1.29 is 22.7 Å². The highest BCUT2D eigenvalue weighted by atomic mass is 32.2. The highest BCUT2D eigenvalue weighted by Gasteiger charge is 2.31. The van der Waals surface area contributed by atoms with Crippen molar-refractivity contribution in [3.8, 4) is 5.75 Å². The predicted molar refractivity (Wildman–Crippen MR) is 122 cm³/mol. The van der Waals surface area contributed by atoms with Gasteiger partial charge in [0, 0.05) is 30.9 Å². The third-order valence-corrected chi connectivity index (χ3v) is 7.95. The molecule has 2 aliphatic rings. The van der Waals surface area contributed by atoms with Gasteiger partial charge in [0.05, 0.1) is 4.90 Å². The average molecular weight is 457 g/mol. The van der Waals surface area contributed by atoms with Crippen LogP contribution in [0.15, 0.2) is 47.4 Å². The fourth-order valence-electron chi connectivity index (χ4n) is 4.28. The Hall–Kier alpha value is -2.71. The van der Waals surface area contributed by atoms with E-state index in [1.807, 2.05) is 0 Å². The fourth-order valence-corrected chi connectivity index (χ4v) is 5.85. The normalized spacial score (nSPS) is 17.6. The van der Waals surface area contributed by atoms with Crippen molar-refractivity contribution in [1.29, 1.82) is 0 Å². The number of hydrogen-bond acceptors (Lipinski definition) is 5. The van der Waals surface area contributed by atoms with Gasteiger partial charge in [-0.25, -0.2) is 8.42 Å². The van der Waals surface area contributed by atoms with E-state index < -0.39 is 16.1 Å². The van der Waals surface area contributed by atoms with E-state index in [4.69, 9.17) is 4.74 Å². The Labute approximate surface area is 189 Å². The van der Waals surface area contributed by atoms with Crippen LogP contribution in [0.1, 0.15) is 49.0 Å². The molecule has 1 amide bonds. The highest BCUT2D eigenvalue weighted by Crippen LogP contribution is 2.32. The predicted octanol–water partition coefficient (Wildman–Crippen LogP) is 3.42. The number of fused-ring (bicyclic) bond motifs is 1. The van der Waals surface area contributed by atoms with E-state index >= 15 is 0 Å². The van der Waals surface area contributed by atoms with Crippen LogP contribution < -0.4 is 9.64 Å². The molecule has 4 rings (SSSR count).